The predicted molar refractivity (Wildman–Crippen MR) is 85.2 cm³/mol. The van der Waals surface area contributed by atoms with Crippen LogP contribution in [0.15, 0.2) is 6.07 Å². The van der Waals surface area contributed by atoms with Gasteiger partial charge >= 0.3 is 0 Å². The molecule has 0 amide bonds. The number of aryl methyl sites for hydroxylation is 2. The molecule has 0 atom stereocenters. The first-order chi connectivity index (χ1) is 9.27. The molecule has 2 aliphatic rings. The summed E-state index contributed by atoms with van der Waals surface area (Å²) in [7, 11) is 0. The highest BCUT2D eigenvalue weighted by atomic mass is 14.3. The smallest absolute Gasteiger partial charge is 0.0213 e. The summed E-state index contributed by atoms with van der Waals surface area (Å²) in [6.07, 6.45) is 11.0. The van der Waals surface area contributed by atoms with Crippen molar-refractivity contribution in [1.82, 2.24) is 0 Å². The van der Waals surface area contributed by atoms with E-state index >= 15 is 0 Å². The van der Waals surface area contributed by atoms with Crippen molar-refractivity contribution in [3.63, 3.8) is 0 Å². The predicted octanol–water partition coefficient (Wildman–Crippen LogP) is 5.59. The number of fused-ring (bicyclic) bond motifs is 2. The van der Waals surface area contributed by atoms with Crippen LogP contribution in [-0.4, -0.2) is 0 Å². The van der Waals surface area contributed by atoms with Crippen molar-refractivity contribution in [3.8, 4) is 0 Å². The molecule has 0 bridgehead atoms. The molecule has 0 heterocycles. The van der Waals surface area contributed by atoms with Gasteiger partial charge in [0.25, 0.3) is 0 Å². The summed E-state index contributed by atoms with van der Waals surface area (Å²) in [5.74, 6) is 0.717. The molecule has 1 aromatic rings. The monoisotopic (exact) mass is 258 g/mol. The van der Waals surface area contributed by atoms with E-state index in [1.807, 2.05) is 13.8 Å². The molecule has 19 heavy (non-hydrogen) atoms. The van der Waals surface area contributed by atoms with Gasteiger partial charge in [0.15, 0.2) is 0 Å². The van der Waals surface area contributed by atoms with Crippen LogP contribution in [0.3, 0.4) is 0 Å². The molecule has 106 valence electrons. The van der Waals surface area contributed by atoms with Gasteiger partial charge in [-0.05, 0) is 85.1 Å². The largest absolute Gasteiger partial charge is 0.0683 e. The van der Waals surface area contributed by atoms with Gasteiger partial charge in [-0.3, -0.25) is 0 Å². The Hall–Kier alpha value is -0.780. The summed E-state index contributed by atoms with van der Waals surface area (Å²) in [6.45, 7) is 8.78. The van der Waals surface area contributed by atoms with Crippen molar-refractivity contribution in [3.05, 3.63) is 33.9 Å². The van der Waals surface area contributed by atoms with Crippen molar-refractivity contribution in [2.24, 2.45) is 0 Å². The number of benzene rings is 1. The lowest BCUT2D eigenvalue weighted by Gasteiger charge is -2.29. The zero-order valence-electron chi connectivity index (χ0n) is 13.3. The van der Waals surface area contributed by atoms with Gasteiger partial charge in [0, 0.05) is 0 Å². The maximum atomic E-state index is 2.56. The lowest BCUT2D eigenvalue weighted by molar-refractivity contribution is 0.635. The molecule has 0 saturated heterocycles. The van der Waals surface area contributed by atoms with E-state index in [1.165, 1.54) is 51.4 Å². The quantitative estimate of drug-likeness (QED) is 0.615. The lowest BCUT2D eigenvalue weighted by atomic mass is 9.76. The van der Waals surface area contributed by atoms with Crippen LogP contribution >= 0.6 is 0 Å². The molecule has 0 heteroatoms. The van der Waals surface area contributed by atoms with Gasteiger partial charge in [0.05, 0.1) is 0 Å². The Morgan fingerprint density at radius 2 is 1.16 bits per heavy atom. The van der Waals surface area contributed by atoms with E-state index < -0.39 is 0 Å². The minimum atomic E-state index is 0.717. The second-order valence-corrected chi connectivity index (χ2v) is 6.13. The SMILES string of the molecule is CC.CC(C)c1c2c(cc3c1CCCC3)CCCC2. The van der Waals surface area contributed by atoms with E-state index in [4.69, 9.17) is 0 Å². The van der Waals surface area contributed by atoms with Gasteiger partial charge in [-0.25, -0.2) is 0 Å². The molecule has 0 spiro atoms. The summed E-state index contributed by atoms with van der Waals surface area (Å²) in [5.41, 5.74) is 8.62. The fourth-order valence-corrected chi connectivity index (χ4v) is 3.88. The first-order valence-corrected chi connectivity index (χ1v) is 8.43. The van der Waals surface area contributed by atoms with Crippen molar-refractivity contribution in [2.75, 3.05) is 0 Å². The molecule has 2 aliphatic carbocycles. The third-order valence-corrected chi connectivity index (χ3v) is 4.60. The van der Waals surface area contributed by atoms with E-state index in [1.54, 1.807) is 27.8 Å². The van der Waals surface area contributed by atoms with Crippen molar-refractivity contribution in [1.29, 1.82) is 0 Å². The normalized spacial score (nSPS) is 17.3. The molecule has 0 fully saturated rings. The summed E-state index contributed by atoms with van der Waals surface area (Å²) < 4.78 is 0. The Morgan fingerprint density at radius 1 is 0.737 bits per heavy atom. The third-order valence-electron chi connectivity index (χ3n) is 4.60. The average Bonchev–Trinajstić information content (AvgIpc) is 2.46. The molecule has 0 aromatic heterocycles. The Balaban J connectivity index is 0.000000637. The molecular formula is C19H30. The van der Waals surface area contributed by atoms with Crippen LogP contribution < -0.4 is 0 Å². The average molecular weight is 258 g/mol. The zero-order valence-corrected chi connectivity index (χ0v) is 13.3. The molecule has 0 N–H and O–H groups in total. The van der Waals surface area contributed by atoms with Crippen LogP contribution in [0.25, 0.3) is 0 Å². The maximum Gasteiger partial charge on any atom is -0.0213 e. The third kappa shape index (κ3) is 2.88. The van der Waals surface area contributed by atoms with Gasteiger partial charge in [-0.2, -0.15) is 0 Å². The van der Waals surface area contributed by atoms with Gasteiger partial charge in [0.1, 0.15) is 0 Å². The van der Waals surface area contributed by atoms with Crippen LogP contribution in [0, 0.1) is 0 Å². The van der Waals surface area contributed by atoms with E-state index in [9.17, 15) is 0 Å². The topological polar surface area (TPSA) is 0 Å². The van der Waals surface area contributed by atoms with Crippen LogP contribution in [0.4, 0.5) is 0 Å². The second-order valence-electron chi connectivity index (χ2n) is 6.13. The molecule has 0 nitrogen and oxygen atoms in total. The molecule has 0 aliphatic heterocycles. The molecule has 3 rings (SSSR count). The Morgan fingerprint density at radius 3 is 1.58 bits per heavy atom. The molecular weight excluding hydrogens is 228 g/mol. The van der Waals surface area contributed by atoms with Gasteiger partial charge in [0.2, 0.25) is 0 Å². The number of hydrogen-bond donors (Lipinski definition) is 0. The van der Waals surface area contributed by atoms with Crippen LogP contribution in [0.5, 0.6) is 0 Å². The molecule has 0 saturated carbocycles. The second kappa shape index (κ2) is 6.59. The van der Waals surface area contributed by atoms with E-state index in [0.717, 1.165) is 5.92 Å². The van der Waals surface area contributed by atoms with Crippen molar-refractivity contribution >= 4 is 0 Å². The summed E-state index contributed by atoms with van der Waals surface area (Å²) in [5, 5.41) is 0. The van der Waals surface area contributed by atoms with Crippen molar-refractivity contribution in [2.45, 2.75) is 85.0 Å². The highest BCUT2D eigenvalue weighted by molar-refractivity contribution is 5.49. The summed E-state index contributed by atoms with van der Waals surface area (Å²) in [6, 6.07) is 2.56. The first-order valence-electron chi connectivity index (χ1n) is 8.43. The van der Waals surface area contributed by atoms with E-state index in [2.05, 4.69) is 19.9 Å². The Bertz CT molecular complexity index is 392. The Kier molecular flexibility index (Phi) is 5.07. The first kappa shape index (κ1) is 14.6. The fraction of sp³-hybridized carbons (Fsp3) is 0.684. The Labute approximate surface area is 119 Å². The summed E-state index contributed by atoms with van der Waals surface area (Å²) in [4.78, 5) is 0. The van der Waals surface area contributed by atoms with Gasteiger partial charge < -0.3 is 0 Å². The van der Waals surface area contributed by atoms with Crippen LogP contribution in [0.1, 0.15) is 87.1 Å². The van der Waals surface area contributed by atoms with Crippen LogP contribution in [-0.2, 0) is 25.7 Å². The van der Waals surface area contributed by atoms with Crippen LogP contribution in [0.2, 0.25) is 0 Å². The van der Waals surface area contributed by atoms with Crippen molar-refractivity contribution < 1.29 is 0 Å². The lowest BCUT2D eigenvalue weighted by Crippen LogP contribution is -2.15. The van der Waals surface area contributed by atoms with Gasteiger partial charge in [-0.15, -0.1) is 0 Å². The highest BCUT2D eigenvalue weighted by Gasteiger charge is 2.22. The standard InChI is InChI=1S/C17H24.C2H6/c1-12(2)17-15-9-5-3-7-13(15)11-14-8-4-6-10-16(14)17;1-2/h11-12H,3-10H2,1-2H3;1-2H3. The maximum absolute atomic E-state index is 2.56. The minimum Gasteiger partial charge on any atom is -0.0683 e. The van der Waals surface area contributed by atoms with Gasteiger partial charge in [-0.1, -0.05) is 33.8 Å². The highest BCUT2D eigenvalue weighted by Crippen LogP contribution is 2.37. The summed E-state index contributed by atoms with van der Waals surface area (Å²) >= 11 is 0. The molecule has 1 aromatic carbocycles. The molecule has 0 radical (unpaired) electrons. The zero-order chi connectivity index (χ0) is 13.8. The van der Waals surface area contributed by atoms with E-state index in [-0.39, 0.29) is 0 Å². The molecule has 0 unspecified atom stereocenters. The fourth-order valence-electron chi connectivity index (χ4n) is 3.88. The number of rotatable bonds is 1. The van der Waals surface area contributed by atoms with E-state index in [0.29, 0.717) is 0 Å². The minimum absolute atomic E-state index is 0.717. The number of hydrogen-bond acceptors (Lipinski definition) is 0.